The molecular weight excluding hydrogens is 410 g/mol. The number of likely N-dealkylation sites (tertiary alicyclic amines) is 1. The van der Waals surface area contributed by atoms with E-state index in [1.807, 2.05) is 41.3 Å². The molecule has 0 spiro atoms. The monoisotopic (exact) mass is 437 g/mol. The molecule has 1 aromatic heterocycles. The summed E-state index contributed by atoms with van der Waals surface area (Å²) >= 11 is 0. The van der Waals surface area contributed by atoms with E-state index < -0.39 is 0 Å². The number of rotatable bonds is 2. The molecule has 6 rings (SSSR count). The summed E-state index contributed by atoms with van der Waals surface area (Å²) in [5.74, 6) is 0.0118. The Morgan fingerprint density at radius 3 is 2.48 bits per heavy atom. The minimum Gasteiger partial charge on any atom is -0.365 e. The first-order valence-corrected chi connectivity index (χ1v) is 11.8. The van der Waals surface area contributed by atoms with Crippen molar-refractivity contribution >= 4 is 33.4 Å². The Hall–Kier alpha value is -3.60. The highest BCUT2D eigenvalue weighted by Gasteiger charge is 2.34. The van der Waals surface area contributed by atoms with Crippen LogP contribution in [0.5, 0.6) is 0 Å². The maximum absolute atomic E-state index is 13.3. The number of carbonyl (C=O) groups excluding carboxylic acids is 1. The molecule has 2 aliphatic rings. The second kappa shape index (κ2) is 7.77. The molecule has 0 bridgehead atoms. The van der Waals surface area contributed by atoms with Crippen molar-refractivity contribution in [2.24, 2.45) is 0 Å². The number of fused-ring (bicyclic) bond motifs is 3. The van der Waals surface area contributed by atoms with E-state index in [9.17, 15) is 9.59 Å². The number of anilines is 1. The van der Waals surface area contributed by atoms with E-state index in [0.29, 0.717) is 28.4 Å². The highest BCUT2D eigenvalue weighted by Crippen LogP contribution is 2.36. The van der Waals surface area contributed by atoms with Crippen LogP contribution >= 0.6 is 0 Å². The summed E-state index contributed by atoms with van der Waals surface area (Å²) in [4.78, 5) is 34.1. The van der Waals surface area contributed by atoms with Crippen molar-refractivity contribution in [3.63, 3.8) is 0 Å². The lowest BCUT2D eigenvalue weighted by Gasteiger charge is -2.40. The van der Waals surface area contributed by atoms with Gasteiger partial charge in [0.15, 0.2) is 5.43 Å². The van der Waals surface area contributed by atoms with E-state index in [4.69, 9.17) is 0 Å². The zero-order valence-corrected chi connectivity index (χ0v) is 18.8. The van der Waals surface area contributed by atoms with Crippen LogP contribution in [-0.4, -0.2) is 41.0 Å². The summed E-state index contributed by atoms with van der Waals surface area (Å²) in [5, 5.41) is 1.22. The minimum atomic E-state index is -0.0330. The molecule has 0 aliphatic carbocycles. The number of carbonyl (C=O) groups is 1. The van der Waals surface area contributed by atoms with Gasteiger partial charge < -0.3 is 14.8 Å². The van der Waals surface area contributed by atoms with Gasteiger partial charge in [-0.15, -0.1) is 0 Å². The third-order valence-corrected chi connectivity index (χ3v) is 7.36. The molecule has 1 atom stereocenters. The molecule has 5 heteroatoms. The lowest BCUT2D eigenvalue weighted by atomic mass is 10.0. The fraction of sp³-hybridized carbons (Fsp3) is 0.286. The summed E-state index contributed by atoms with van der Waals surface area (Å²) in [5.41, 5.74) is 4.91. The number of amides is 1. The number of pyridine rings is 1. The van der Waals surface area contributed by atoms with Gasteiger partial charge in [-0.3, -0.25) is 9.59 Å². The molecule has 3 aromatic carbocycles. The van der Waals surface area contributed by atoms with Crippen LogP contribution in [0.15, 0.2) is 71.5 Å². The van der Waals surface area contributed by atoms with Crippen LogP contribution in [0.1, 0.15) is 35.7 Å². The van der Waals surface area contributed by atoms with Crippen LogP contribution in [0.3, 0.4) is 0 Å². The molecule has 0 saturated carbocycles. The Kier molecular flexibility index (Phi) is 4.72. The zero-order chi connectivity index (χ0) is 22.5. The van der Waals surface area contributed by atoms with Crippen LogP contribution < -0.4 is 10.3 Å². The third kappa shape index (κ3) is 3.30. The zero-order valence-electron chi connectivity index (χ0n) is 18.8. The van der Waals surface area contributed by atoms with Gasteiger partial charge >= 0.3 is 0 Å². The van der Waals surface area contributed by atoms with E-state index in [-0.39, 0.29) is 11.3 Å². The lowest BCUT2D eigenvalue weighted by molar-refractivity contribution is 0.0711. The first-order valence-electron chi connectivity index (χ1n) is 11.8. The summed E-state index contributed by atoms with van der Waals surface area (Å²) < 4.78 is 0. The maximum Gasteiger partial charge on any atom is 0.253 e. The van der Waals surface area contributed by atoms with Gasteiger partial charge in [-0.2, -0.15) is 0 Å². The number of H-pyrrole nitrogens is 1. The largest absolute Gasteiger partial charge is 0.365 e. The van der Waals surface area contributed by atoms with E-state index in [2.05, 4.69) is 41.1 Å². The molecule has 5 nitrogen and oxygen atoms in total. The van der Waals surface area contributed by atoms with Crippen molar-refractivity contribution < 1.29 is 4.79 Å². The van der Waals surface area contributed by atoms with E-state index in [0.717, 1.165) is 43.4 Å². The van der Waals surface area contributed by atoms with Crippen LogP contribution in [0, 0.1) is 0 Å². The van der Waals surface area contributed by atoms with E-state index in [1.165, 1.54) is 11.3 Å². The molecule has 2 aliphatic heterocycles. The van der Waals surface area contributed by atoms with Crippen LogP contribution in [-0.2, 0) is 6.42 Å². The van der Waals surface area contributed by atoms with E-state index >= 15 is 0 Å². The molecule has 1 unspecified atom stereocenters. The number of benzene rings is 3. The fourth-order valence-electron chi connectivity index (χ4n) is 5.73. The van der Waals surface area contributed by atoms with Gasteiger partial charge in [0, 0.05) is 58.2 Å². The molecule has 0 radical (unpaired) electrons. The average Bonchev–Trinajstić information content (AvgIpc) is 3.19. The number of aromatic amines is 1. The second-order valence-corrected chi connectivity index (χ2v) is 9.37. The number of nitrogens with zero attached hydrogens (tertiary/aromatic N) is 2. The number of aromatic nitrogens is 1. The second-order valence-electron chi connectivity index (χ2n) is 9.37. The molecule has 166 valence electrons. The normalized spacial score (nSPS) is 18.8. The van der Waals surface area contributed by atoms with Crippen molar-refractivity contribution in [2.75, 3.05) is 18.0 Å². The van der Waals surface area contributed by atoms with Crippen molar-refractivity contribution in [1.29, 1.82) is 0 Å². The standard InChI is InChI=1S/C28H27N3O2/c1-18-16-19-6-2-5-9-26(19)31(18)21-12-14-30(15-13-21)28(33)20-10-11-25-23(17-20)27(32)22-7-3-4-8-24(22)29-25/h2-11,17-18,21H,12-16H2,1H3,(H,29,32). The van der Waals surface area contributed by atoms with Gasteiger partial charge in [0.05, 0.1) is 0 Å². The van der Waals surface area contributed by atoms with Crippen molar-refractivity contribution in [3.8, 4) is 0 Å². The number of hydrogen-bond donors (Lipinski definition) is 1. The van der Waals surface area contributed by atoms with Gasteiger partial charge in [-0.1, -0.05) is 30.3 Å². The summed E-state index contributed by atoms with van der Waals surface area (Å²) in [6.45, 7) is 3.77. The smallest absolute Gasteiger partial charge is 0.253 e. The molecule has 4 aromatic rings. The Morgan fingerprint density at radius 2 is 1.64 bits per heavy atom. The predicted molar refractivity (Wildman–Crippen MR) is 133 cm³/mol. The molecule has 1 amide bonds. The lowest BCUT2D eigenvalue weighted by Crippen LogP contribution is -2.48. The van der Waals surface area contributed by atoms with Gasteiger partial charge in [0.1, 0.15) is 0 Å². The van der Waals surface area contributed by atoms with Crippen molar-refractivity contribution in [3.05, 3.63) is 88.1 Å². The Morgan fingerprint density at radius 1 is 0.909 bits per heavy atom. The van der Waals surface area contributed by atoms with Gasteiger partial charge in [-0.25, -0.2) is 0 Å². The molecule has 3 heterocycles. The van der Waals surface area contributed by atoms with Crippen LogP contribution in [0.4, 0.5) is 5.69 Å². The van der Waals surface area contributed by atoms with Crippen molar-refractivity contribution in [1.82, 2.24) is 9.88 Å². The molecule has 1 fully saturated rings. The summed E-state index contributed by atoms with van der Waals surface area (Å²) in [6, 6.07) is 22.6. The predicted octanol–water partition coefficient (Wildman–Crippen LogP) is 4.74. The quantitative estimate of drug-likeness (QED) is 0.461. The first-order chi connectivity index (χ1) is 16.1. The molecule has 1 saturated heterocycles. The minimum absolute atomic E-state index is 0.0118. The molecule has 1 N–H and O–H groups in total. The number of nitrogens with one attached hydrogen (secondary N) is 1. The van der Waals surface area contributed by atoms with Gasteiger partial charge in [0.2, 0.25) is 0 Å². The topological polar surface area (TPSA) is 56.4 Å². The maximum atomic E-state index is 13.3. The Balaban J connectivity index is 1.23. The summed E-state index contributed by atoms with van der Waals surface area (Å²) in [7, 11) is 0. The van der Waals surface area contributed by atoms with Crippen molar-refractivity contribution in [2.45, 2.75) is 38.3 Å². The Bertz CT molecular complexity index is 1430. The number of para-hydroxylation sites is 2. The Labute approximate surface area is 192 Å². The SMILES string of the molecule is CC1Cc2ccccc2N1C1CCN(C(=O)c2ccc3[nH]c4ccccc4c(=O)c3c2)CC1. The number of piperidine rings is 1. The van der Waals surface area contributed by atoms with Gasteiger partial charge in [0.25, 0.3) is 5.91 Å². The van der Waals surface area contributed by atoms with Gasteiger partial charge in [-0.05, 0) is 68.1 Å². The fourth-order valence-corrected chi connectivity index (χ4v) is 5.73. The first kappa shape index (κ1) is 20.0. The summed E-state index contributed by atoms with van der Waals surface area (Å²) in [6.07, 6.45) is 3.02. The molecular formula is C28H27N3O2. The van der Waals surface area contributed by atoms with Crippen LogP contribution in [0.2, 0.25) is 0 Å². The average molecular weight is 438 g/mol. The highest BCUT2D eigenvalue weighted by molar-refractivity contribution is 6.00. The van der Waals surface area contributed by atoms with E-state index in [1.54, 1.807) is 6.07 Å². The number of hydrogen-bond acceptors (Lipinski definition) is 3. The molecule has 33 heavy (non-hydrogen) atoms. The third-order valence-electron chi connectivity index (χ3n) is 7.36. The van der Waals surface area contributed by atoms with Crippen LogP contribution in [0.25, 0.3) is 21.8 Å². The highest BCUT2D eigenvalue weighted by atomic mass is 16.2.